The minimum atomic E-state index is -0.594. The molecule has 1 aromatic carbocycles. The first-order valence-electron chi connectivity index (χ1n) is 10.0. The summed E-state index contributed by atoms with van der Waals surface area (Å²) in [6.07, 6.45) is 2.48. The SMILES string of the molecule is C[C@H](N)Cn1cc(CNCc2ccc3c(c2)C(=O)N(C2CCC(=O)NC2=O)C3)nn1. The maximum Gasteiger partial charge on any atom is 0.255 e. The normalized spacial score (nSPS) is 19.7. The smallest absolute Gasteiger partial charge is 0.255 e. The van der Waals surface area contributed by atoms with Crippen molar-refractivity contribution in [3.05, 3.63) is 46.8 Å². The maximum absolute atomic E-state index is 12.9. The van der Waals surface area contributed by atoms with Crippen molar-refractivity contribution in [2.75, 3.05) is 0 Å². The number of imide groups is 1. The highest BCUT2D eigenvalue weighted by Gasteiger charge is 2.39. The average molecular weight is 411 g/mol. The lowest BCUT2D eigenvalue weighted by Gasteiger charge is -2.29. The molecule has 10 nitrogen and oxygen atoms in total. The van der Waals surface area contributed by atoms with E-state index < -0.39 is 11.9 Å². The van der Waals surface area contributed by atoms with Crippen LogP contribution >= 0.6 is 0 Å². The highest BCUT2D eigenvalue weighted by molar-refractivity contribution is 6.05. The van der Waals surface area contributed by atoms with Gasteiger partial charge in [0.2, 0.25) is 11.8 Å². The van der Waals surface area contributed by atoms with Crippen LogP contribution in [0.2, 0.25) is 0 Å². The van der Waals surface area contributed by atoms with Crippen molar-refractivity contribution in [2.24, 2.45) is 5.73 Å². The van der Waals surface area contributed by atoms with Crippen LogP contribution in [-0.4, -0.2) is 49.7 Å². The van der Waals surface area contributed by atoms with E-state index in [1.54, 1.807) is 9.58 Å². The standard InChI is InChI=1S/C20H25N7O3/c1-12(21)9-26-11-15(24-25-26)8-22-7-13-2-3-14-10-27(20(30)16(14)6-13)17-4-5-18(28)23-19(17)29/h2-3,6,11-12,17,22H,4-5,7-10,21H2,1H3,(H,23,28,29)/t12-,17?/m0/s1. The summed E-state index contributed by atoms with van der Waals surface area (Å²) in [6, 6.07) is 5.18. The molecule has 3 heterocycles. The lowest BCUT2D eigenvalue weighted by atomic mass is 10.0. The number of fused-ring (bicyclic) bond motifs is 1. The average Bonchev–Trinajstić information content (AvgIpc) is 3.26. The van der Waals surface area contributed by atoms with Gasteiger partial charge in [-0.15, -0.1) is 5.10 Å². The number of benzene rings is 1. The van der Waals surface area contributed by atoms with Gasteiger partial charge >= 0.3 is 0 Å². The van der Waals surface area contributed by atoms with Crippen molar-refractivity contribution in [3.63, 3.8) is 0 Å². The lowest BCUT2D eigenvalue weighted by molar-refractivity contribution is -0.136. The summed E-state index contributed by atoms with van der Waals surface area (Å²) < 4.78 is 1.72. The Morgan fingerprint density at radius 3 is 2.90 bits per heavy atom. The van der Waals surface area contributed by atoms with Crippen molar-refractivity contribution in [3.8, 4) is 0 Å². The number of carbonyl (C=O) groups excluding carboxylic acids is 3. The zero-order chi connectivity index (χ0) is 21.3. The third-order valence-electron chi connectivity index (χ3n) is 5.29. The molecule has 30 heavy (non-hydrogen) atoms. The number of aromatic nitrogens is 3. The van der Waals surface area contributed by atoms with Crippen molar-refractivity contribution < 1.29 is 14.4 Å². The van der Waals surface area contributed by atoms with Crippen LogP contribution in [0.15, 0.2) is 24.4 Å². The molecule has 1 unspecified atom stereocenters. The first-order valence-corrected chi connectivity index (χ1v) is 10.0. The van der Waals surface area contributed by atoms with Crippen LogP contribution < -0.4 is 16.4 Å². The summed E-state index contributed by atoms with van der Waals surface area (Å²) in [7, 11) is 0. The van der Waals surface area contributed by atoms with Gasteiger partial charge < -0.3 is 16.0 Å². The Labute approximate surface area is 173 Å². The Bertz CT molecular complexity index is 985. The van der Waals surface area contributed by atoms with E-state index in [9.17, 15) is 14.4 Å². The molecule has 1 saturated heterocycles. The Kier molecular flexibility index (Phi) is 5.60. The van der Waals surface area contributed by atoms with Crippen molar-refractivity contribution in [1.82, 2.24) is 30.5 Å². The molecule has 4 rings (SSSR count). The number of carbonyl (C=O) groups is 3. The molecule has 2 aromatic rings. The molecular weight excluding hydrogens is 386 g/mol. The fourth-order valence-corrected chi connectivity index (χ4v) is 3.85. The topological polar surface area (TPSA) is 135 Å². The number of nitrogens with zero attached hydrogens (tertiary/aromatic N) is 4. The number of nitrogens with two attached hydrogens (primary N) is 1. The minimum Gasteiger partial charge on any atom is -0.326 e. The van der Waals surface area contributed by atoms with Gasteiger partial charge in [-0.25, -0.2) is 0 Å². The van der Waals surface area contributed by atoms with Gasteiger partial charge in [-0.05, 0) is 30.5 Å². The zero-order valence-corrected chi connectivity index (χ0v) is 16.8. The second-order valence-electron chi connectivity index (χ2n) is 7.90. The molecule has 0 saturated carbocycles. The lowest BCUT2D eigenvalue weighted by Crippen LogP contribution is -2.52. The van der Waals surface area contributed by atoms with Crippen molar-refractivity contribution >= 4 is 17.7 Å². The number of rotatable bonds is 7. The fraction of sp³-hybridized carbons (Fsp3) is 0.450. The molecule has 0 spiro atoms. The number of nitrogens with one attached hydrogen (secondary N) is 2. The van der Waals surface area contributed by atoms with Crippen LogP contribution in [0.5, 0.6) is 0 Å². The molecule has 3 amide bonds. The van der Waals surface area contributed by atoms with Gasteiger partial charge in [0.15, 0.2) is 0 Å². The quantitative estimate of drug-likeness (QED) is 0.531. The number of amides is 3. The molecular formula is C20H25N7O3. The molecule has 2 atom stereocenters. The van der Waals surface area contributed by atoms with Crippen molar-refractivity contribution in [2.45, 2.75) is 58.0 Å². The predicted molar refractivity (Wildman–Crippen MR) is 107 cm³/mol. The first kappa shape index (κ1) is 20.2. The Balaban J connectivity index is 1.36. The molecule has 0 radical (unpaired) electrons. The molecule has 0 aliphatic carbocycles. The van der Waals surface area contributed by atoms with E-state index in [2.05, 4.69) is 20.9 Å². The Hall–Kier alpha value is -3.11. The van der Waals surface area contributed by atoms with E-state index in [-0.39, 0.29) is 24.3 Å². The van der Waals surface area contributed by atoms with Gasteiger partial charge in [0.05, 0.1) is 12.2 Å². The van der Waals surface area contributed by atoms with Gasteiger partial charge in [-0.1, -0.05) is 17.3 Å². The summed E-state index contributed by atoms with van der Waals surface area (Å²) in [4.78, 5) is 37.9. The first-order chi connectivity index (χ1) is 14.4. The van der Waals surface area contributed by atoms with E-state index in [1.807, 2.05) is 31.3 Å². The van der Waals surface area contributed by atoms with E-state index in [0.717, 1.165) is 16.8 Å². The van der Waals surface area contributed by atoms with E-state index in [0.29, 0.717) is 38.2 Å². The van der Waals surface area contributed by atoms with Crippen LogP contribution in [0.25, 0.3) is 0 Å². The van der Waals surface area contributed by atoms with E-state index >= 15 is 0 Å². The predicted octanol–water partition coefficient (Wildman–Crippen LogP) is -0.324. The minimum absolute atomic E-state index is 0.0104. The summed E-state index contributed by atoms with van der Waals surface area (Å²) in [5.41, 5.74) is 9.06. The third kappa shape index (κ3) is 4.24. The van der Waals surface area contributed by atoms with Crippen LogP contribution in [0.3, 0.4) is 0 Å². The molecule has 0 bridgehead atoms. The maximum atomic E-state index is 12.9. The van der Waals surface area contributed by atoms with Gasteiger partial charge in [0, 0.05) is 43.9 Å². The van der Waals surface area contributed by atoms with Crippen LogP contribution in [-0.2, 0) is 35.8 Å². The second kappa shape index (κ2) is 8.33. The summed E-state index contributed by atoms with van der Waals surface area (Å²) >= 11 is 0. The largest absolute Gasteiger partial charge is 0.326 e. The Morgan fingerprint density at radius 1 is 1.30 bits per heavy atom. The second-order valence-corrected chi connectivity index (χ2v) is 7.90. The molecule has 1 aromatic heterocycles. The van der Waals surface area contributed by atoms with Crippen molar-refractivity contribution in [1.29, 1.82) is 0 Å². The van der Waals surface area contributed by atoms with Crippen LogP contribution in [0, 0.1) is 0 Å². The number of hydrogen-bond donors (Lipinski definition) is 3. The highest BCUT2D eigenvalue weighted by atomic mass is 16.2. The number of hydrogen-bond acceptors (Lipinski definition) is 7. The molecule has 10 heteroatoms. The summed E-state index contributed by atoms with van der Waals surface area (Å²) in [5.74, 6) is -0.849. The monoisotopic (exact) mass is 411 g/mol. The zero-order valence-electron chi connectivity index (χ0n) is 16.8. The van der Waals surface area contributed by atoms with E-state index in [1.165, 1.54) is 0 Å². The molecule has 1 fully saturated rings. The summed E-state index contributed by atoms with van der Waals surface area (Å²) in [6.45, 7) is 4.03. The molecule has 4 N–H and O–H groups in total. The molecule has 158 valence electrons. The van der Waals surface area contributed by atoms with Gasteiger partial charge in [-0.3, -0.25) is 24.4 Å². The van der Waals surface area contributed by atoms with Gasteiger partial charge in [0.1, 0.15) is 6.04 Å². The third-order valence-corrected chi connectivity index (χ3v) is 5.29. The highest BCUT2D eigenvalue weighted by Crippen LogP contribution is 2.28. The summed E-state index contributed by atoms with van der Waals surface area (Å²) in [5, 5.41) is 13.8. The van der Waals surface area contributed by atoms with Gasteiger partial charge in [-0.2, -0.15) is 0 Å². The molecule has 2 aliphatic rings. The van der Waals surface area contributed by atoms with Crippen LogP contribution in [0.4, 0.5) is 0 Å². The fourth-order valence-electron chi connectivity index (χ4n) is 3.85. The van der Waals surface area contributed by atoms with Gasteiger partial charge in [0.25, 0.3) is 5.91 Å². The van der Waals surface area contributed by atoms with E-state index in [4.69, 9.17) is 5.73 Å². The van der Waals surface area contributed by atoms with Crippen LogP contribution in [0.1, 0.15) is 46.9 Å². The molecule has 2 aliphatic heterocycles. The Morgan fingerprint density at radius 2 is 2.13 bits per heavy atom. The number of piperidine rings is 1.